The summed E-state index contributed by atoms with van der Waals surface area (Å²) in [5, 5.41) is 0. The van der Waals surface area contributed by atoms with Crippen molar-refractivity contribution < 1.29 is 4.79 Å². The van der Waals surface area contributed by atoms with Crippen molar-refractivity contribution in [3.63, 3.8) is 0 Å². The smallest absolute Gasteiger partial charge is 0.324 e. The summed E-state index contributed by atoms with van der Waals surface area (Å²) in [6.07, 6.45) is 1.01. The van der Waals surface area contributed by atoms with Crippen LogP contribution in [-0.2, 0) is 20.8 Å². The average molecular weight is 164 g/mol. The van der Waals surface area contributed by atoms with Gasteiger partial charge in [0.05, 0.1) is 0 Å². The van der Waals surface area contributed by atoms with Crippen molar-refractivity contribution in [3.05, 3.63) is 0 Å². The molecule has 0 spiro atoms. The van der Waals surface area contributed by atoms with E-state index in [0.29, 0.717) is 0 Å². The SMILES string of the molecule is NC(=O)N1CCCS1=S. The van der Waals surface area contributed by atoms with Crippen LogP contribution in [0.15, 0.2) is 0 Å². The van der Waals surface area contributed by atoms with E-state index >= 15 is 0 Å². The van der Waals surface area contributed by atoms with Crippen molar-refractivity contribution >= 4 is 26.9 Å². The average Bonchev–Trinajstić information content (AvgIpc) is 2.13. The van der Waals surface area contributed by atoms with Gasteiger partial charge in [-0.1, -0.05) is 0 Å². The topological polar surface area (TPSA) is 46.3 Å². The van der Waals surface area contributed by atoms with Crippen LogP contribution in [0.1, 0.15) is 6.42 Å². The van der Waals surface area contributed by atoms with Crippen LogP contribution < -0.4 is 5.73 Å². The Hall–Kier alpha value is -0.160. The van der Waals surface area contributed by atoms with Gasteiger partial charge in [0.15, 0.2) is 0 Å². The molecule has 1 saturated heterocycles. The highest BCUT2D eigenvalue weighted by molar-refractivity contribution is 8.27. The number of urea groups is 1. The molecule has 0 bridgehead atoms. The molecule has 1 heterocycles. The summed E-state index contributed by atoms with van der Waals surface area (Å²) in [7, 11) is -0.299. The van der Waals surface area contributed by atoms with Crippen LogP contribution in [0.5, 0.6) is 0 Å². The quantitative estimate of drug-likeness (QED) is 0.537. The highest BCUT2D eigenvalue weighted by atomic mass is 32.8. The van der Waals surface area contributed by atoms with Gasteiger partial charge in [-0.3, -0.25) is 4.31 Å². The lowest BCUT2D eigenvalue weighted by Crippen LogP contribution is -2.33. The third-order valence-corrected chi connectivity index (χ3v) is 3.70. The zero-order chi connectivity index (χ0) is 6.85. The van der Waals surface area contributed by atoms with Gasteiger partial charge in [-0.15, -0.1) is 0 Å². The Morgan fingerprint density at radius 3 is 2.67 bits per heavy atom. The van der Waals surface area contributed by atoms with Crippen LogP contribution in [0, 0.1) is 0 Å². The highest BCUT2D eigenvalue weighted by Crippen LogP contribution is 2.07. The predicted molar refractivity (Wildman–Crippen MR) is 40.5 cm³/mol. The van der Waals surface area contributed by atoms with Gasteiger partial charge >= 0.3 is 6.03 Å². The van der Waals surface area contributed by atoms with Crippen molar-refractivity contribution in [2.45, 2.75) is 6.42 Å². The second kappa shape index (κ2) is 2.62. The van der Waals surface area contributed by atoms with Gasteiger partial charge in [0, 0.05) is 12.3 Å². The molecule has 2 amide bonds. The van der Waals surface area contributed by atoms with Crippen LogP contribution >= 0.6 is 0 Å². The van der Waals surface area contributed by atoms with Crippen LogP contribution in [0.3, 0.4) is 0 Å². The van der Waals surface area contributed by atoms with Gasteiger partial charge < -0.3 is 5.73 Å². The molecule has 1 rings (SSSR count). The van der Waals surface area contributed by atoms with Crippen molar-refractivity contribution in [3.8, 4) is 0 Å². The molecule has 52 valence electrons. The van der Waals surface area contributed by atoms with E-state index in [1.165, 1.54) is 0 Å². The Morgan fingerprint density at radius 2 is 2.44 bits per heavy atom. The molecule has 1 fully saturated rings. The number of carbonyl (C=O) groups is 1. The number of primary amides is 1. The number of hydrogen-bond acceptors (Lipinski definition) is 2. The predicted octanol–water partition coefficient (Wildman–Crippen LogP) is -0.234. The third kappa shape index (κ3) is 1.40. The molecule has 1 atom stereocenters. The van der Waals surface area contributed by atoms with E-state index in [0.717, 1.165) is 18.7 Å². The van der Waals surface area contributed by atoms with E-state index < -0.39 is 0 Å². The molecular weight excluding hydrogens is 156 g/mol. The molecular formula is C4H8N2OS2. The molecule has 0 aliphatic carbocycles. The molecule has 0 aromatic rings. The highest BCUT2D eigenvalue weighted by Gasteiger charge is 2.19. The Kier molecular flexibility index (Phi) is 2.02. The minimum absolute atomic E-state index is 0.299. The van der Waals surface area contributed by atoms with Gasteiger partial charge in [0.1, 0.15) is 0 Å². The maximum Gasteiger partial charge on any atom is 0.324 e. The maximum absolute atomic E-state index is 10.5. The van der Waals surface area contributed by atoms with Crippen molar-refractivity contribution in [1.82, 2.24) is 4.31 Å². The lowest BCUT2D eigenvalue weighted by molar-refractivity contribution is 0.236. The minimum Gasteiger partial charge on any atom is -0.351 e. The summed E-state index contributed by atoms with van der Waals surface area (Å²) in [4.78, 5) is 10.5. The monoisotopic (exact) mass is 164 g/mol. The summed E-state index contributed by atoms with van der Waals surface area (Å²) < 4.78 is 1.55. The second-order valence-electron chi connectivity index (χ2n) is 1.82. The number of amides is 2. The fourth-order valence-electron chi connectivity index (χ4n) is 0.754. The van der Waals surface area contributed by atoms with E-state index in [-0.39, 0.29) is 15.7 Å². The second-order valence-corrected chi connectivity index (χ2v) is 4.47. The van der Waals surface area contributed by atoms with Crippen LogP contribution in [-0.4, -0.2) is 22.6 Å². The normalized spacial score (nSPS) is 26.7. The van der Waals surface area contributed by atoms with Crippen LogP contribution in [0.2, 0.25) is 0 Å². The van der Waals surface area contributed by atoms with Gasteiger partial charge in [0.2, 0.25) is 0 Å². The van der Waals surface area contributed by atoms with Crippen molar-refractivity contribution in [2.24, 2.45) is 5.73 Å². The number of carbonyl (C=O) groups excluding carboxylic acids is 1. The lowest BCUT2D eigenvalue weighted by Gasteiger charge is -2.10. The van der Waals surface area contributed by atoms with Crippen molar-refractivity contribution in [1.29, 1.82) is 0 Å². The van der Waals surface area contributed by atoms with Gasteiger partial charge in [-0.25, -0.2) is 4.79 Å². The Bertz CT molecular complexity index is 159. The first kappa shape index (κ1) is 6.95. The maximum atomic E-state index is 10.5. The standard InChI is InChI=1S/C4H8N2OS2/c5-4(7)6-2-1-3-9(6)8/h1-3H2,(H2,5,7). The molecule has 0 radical (unpaired) electrons. The fraction of sp³-hybridized carbons (Fsp3) is 0.750. The van der Waals surface area contributed by atoms with Gasteiger partial charge in [-0.05, 0) is 27.2 Å². The van der Waals surface area contributed by atoms with E-state index in [1.54, 1.807) is 4.31 Å². The van der Waals surface area contributed by atoms with Gasteiger partial charge in [0.25, 0.3) is 0 Å². The molecule has 1 aliphatic heterocycles. The van der Waals surface area contributed by atoms with Crippen molar-refractivity contribution in [2.75, 3.05) is 12.3 Å². The molecule has 3 nitrogen and oxygen atoms in total. The first-order valence-corrected chi connectivity index (χ1v) is 4.95. The lowest BCUT2D eigenvalue weighted by atomic mass is 10.5. The Morgan fingerprint density at radius 1 is 1.78 bits per heavy atom. The van der Waals surface area contributed by atoms with Crippen LogP contribution in [0.25, 0.3) is 0 Å². The summed E-state index contributed by atoms with van der Waals surface area (Å²) >= 11 is 4.95. The first-order valence-electron chi connectivity index (χ1n) is 2.67. The summed E-state index contributed by atoms with van der Waals surface area (Å²) in [6.45, 7) is 0.752. The van der Waals surface area contributed by atoms with Crippen LogP contribution in [0.4, 0.5) is 4.79 Å². The van der Waals surface area contributed by atoms with E-state index in [4.69, 9.17) is 16.9 Å². The molecule has 9 heavy (non-hydrogen) atoms. The molecule has 1 aliphatic rings. The van der Waals surface area contributed by atoms with Gasteiger partial charge in [-0.2, -0.15) is 0 Å². The molecule has 5 heteroatoms. The molecule has 1 unspecified atom stereocenters. The number of rotatable bonds is 0. The van der Waals surface area contributed by atoms with E-state index in [1.807, 2.05) is 0 Å². The molecule has 0 aromatic carbocycles. The number of hydrogen-bond donors (Lipinski definition) is 1. The zero-order valence-electron chi connectivity index (χ0n) is 4.87. The molecule has 0 aromatic heterocycles. The fourth-order valence-corrected chi connectivity index (χ4v) is 2.68. The first-order chi connectivity index (χ1) is 4.22. The number of nitrogens with two attached hydrogens (primary N) is 1. The summed E-state index contributed by atoms with van der Waals surface area (Å²) in [6, 6.07) is -0.370. The molecule has 0 saturated carbocycles. The minimum atomic E-state index is -0.370. The number of nitrogens with zero attached hydrogens (tertiary/aromatic N) is 1. The molecule has 2 N–H and O–H groups in total. The van der Waals surface area contributed by atoms with E-state index in [2.05, 4.69) is 0 Å². The largest absolute Gasteiger partial charge is 0.351 e. The third-order valence-electron chi connectivity index (χ3n) is 1.17. The summed E-state index contributed by atoms with van der Waals surface area (Å²) in [5.74, 6) is 0.943. The van der Waals surface area contributed by atoms with E-state index in [9.17, 15) is 4.79 Å². The Labute approximate surface area is 60.9 Å². The zero-order valence-corrected chi connectivity index (χ0v) is 6.50. The Balaban J connectivity index is 2.60. The summed E-state index contributed by atoms with van der Waals surface area (Å²) in [5.41, 5.74) is 5.02.